The zero-order valence-corrected chi connectivity index (χ0v) is 6.08. The maximum absolute atomic E-state index is 5.57. The third kappa shape index (κ3) is 1.43. The first-order valence-corrected chi connectivity index (χ1v) is 3.17. The van der Waals surface area contributed by atoms with Gasteiger partial charge in [0.2, 0.25) is 0 Å². The molecule has 3 heteroatoms. The predicted octanol–water partition coefficient (Wildman–Crippen LogP) is 1.37. The number of rotatable bonds is 2. The van der Waals surface area contributed by atoms with Crippen LogP contribution in [0.2, 0.25) is 0 Å². The van der Waals surface area contributed by atoms with E-state index in [0.717, 1.165) is 0 Å². The van der Waals surface area contributed by atoms with Gasteiger partial charge in [0.1, 0.15) is 0 Å². The van der Waals surface area contributed by atoms with Crippen LogP contribution < -0.4 is 16.2 Å². The highest BCUT2D eigenvalue weighted by molar-refractivity contribution is 5.70. The van der Waals surface area contributed by atoms with Crippen LogP contribution in [-0.4, -0.2) is 0 Å². The normalized spacial score (nSPS) is 9.09. The van der Waals surface area contributed by atoms with Crippen LogP contribution in [-0.2, 0) is 0 Å². The first-order valence-electron chi connectivity index (χ1n) is 3.17. The fourth-order valence-electron chi connectivity index (χ4n) is 0.754. The number of nitrogen functional groups attached to an aromatic ring is 2. The Morgan fingerprint density at radius 1 is 1.36 bits per heavy atom. The molecule has 0 saturated heterocycles. The molecule has 1 aromatic rings. The molecule has 1 aromatic carbocycles. The molecule has 0 aliphatic rings. The van der Waals surface area contributed by atoms with Crippen LogP contribution in [0.15, 0.2) is 31.0 Å². The highest BCUT2D eigenvalue weighted by atomic mass is 16.5. The fourth-order valence-corrected chi connectivity index (χ4v) is 0.754. The van der Waals surface area contributed by atoms with Crippen LogP contribution in [0.25, 0.3) is 0 Å². The second-order valence-corrected chi connectivity index (χ2v) is 2.04. The summed E-state index contributed by atoms with van der Waals surface area (Å²) in [5.74, 6) is 0.542. The summed E-state index contributed by atoms with van der Waals surface area (Å²) in [4.78, 5) is 0. The van der Waals surface area contributed by atoms with Gasteiger partial charge in [-0.25, -0.2) is 0 Å². The van der Waals surface area contributed by atoms with E-state index in [1.165, 1.54) is 6.26 Å². The molecule has 0 fully saturated rings. The summed E-state index contributed by atoms with van der Waals surface area (Å²) >= 11 is 0. The van der Waals surface area contributed by atoms with Gasteiger partial charge in [0.15, 0.2) is 5.75 Å². The summed E-state index contributed by atoms with van der Waals surface area (Å²) in [6.07, 6.45) is 1.31. The molecular weight excluding hydrogens is 140 g/mol. The van der Waals surface area contributed by atoms with Crippen molar-refractivity contribution in [2.75, 3.05) is 11.5 Å². The number of nitrogens with two attached hydrogens (primary N) is 2. The minimum Gasteiger partial charge on any atom is -0.463 e. The second-order valence-electron chi connectivity index (χ2n) is 2.04. The number of para-hydroxylation sites is 1. The molecule has 0 atom stereocenters. The Balaban J connectivity index is 3.05. The highest BCUT2D eigenvalue weighted by Crippen LogP contribution is 2.26. The van der Waals surface area contributed by atoms with Crippen molar-refractivity contribution >= 4 is 11.4 Å². The highest BCUT2D eigenvalue weighted by Gasteiger charge is 2.00. The summed E-state index contributed by atoms with van der Waals surface area (Å²) in [6, 6.07) is 5.21. The van der Waals surface area contributed by atoms with E-state index < -0.39 is 0 Å². The Kier molecular flexibility index (Phi) is 2.01. The number of benzene rings is 1. The summed E-state index contributed by atoms with van der Waals surface area (Å²) in [7, 11) is 0. The third-order valence-electron chi connectivity index (χ3n) is 1.31. The molecule has 3 nitrogen and oxygen atoms in total. The van der Waals surface area contributed by atoms with Crippen molar-refractivity contribution in [3.8, 4) is 5.75 Å². The Morgan fingerprint density at radius 3 is 2.73 bits per heavy atom. The Hall–Kier alpha value is -1.64. The van der Waals surface area contributed by atoms with Gasteiger partial charge in [-0.05, 0) is 12.1 Å². The van der Waals surface area contributed by atoms with Crippen LogP contribution in [0.3, 0.4) is 0 Å². The van der Waals surface area contributed by atoms with Crippen molar-refractivity contribution < 1.29 is 4.74 Å². The van der Waals surface area contributed by atoms with Crippen LogP contribution in [0.4, 0.5) is 11.4 Å². The number of hydrogen-bond donors (Lipinski definition) is 2. The average Bonchev–Trinajstić information content (AvgIpc) is 1.99. The van der Waals surface area contributed by atoms with Crippen LogP contribution in [0, 0.1) is 0 Å². The molecule has 0 aromatic heterocycles. The van der Waals surface area contributed by atoms with Gasteiger partial charge in [-0.2, -0.15) is 0 Å². The smallest absolute Gasteiger partial charge is 0.151 e. The third-order valence-corrected chi connectivity index (χ3v) is 1.31. The maximum Gasteiger partial charge on any atom is 0.151 e. The second kappa shape index (κ2) is 2.96. The van der Waals surface area contributed by atoms with Crippen molar-refractivity contribution in [3.05, 3.63) is 31.0 Å². The van der Waals surface area contributed by atoms with E-state index in [4.69, 9.17) is 16.2 Å². The predicted molar refractivity (Wildman–Crippen MR) is 46.1 cm³/mol. The molecule has 0 bridgehead atoms. The van der Waals surface area contributed by atoms with Gasteiger partial charge >= 0.3 is 0 Å². The molecule has 58 valence electrons. The summed E-state index contributed by atoms with van der Waals surface area (Å²) in [5.41, 5.74) is 12.1. The van der Waals surface area contributed by atoms with Gasteiger partial charge < -0.3 is 16.2 Å². The SMILES string of the molecule is C=COc1cccc(N)c1N. The van der Waals surface area contributed by atoms with E-state index >= 15 is 0 Å². The molecule has 1 rings (SSSR count). The van der Waals surface area contributed by atoms with Crippen molar-refractivity contribution in [1.29, 1.82) is 0 Å². The molecule has 0 aliphatic heterocycles. The number of anilines is 2. The van der Waals surface area contributed by atoms with Crippen LogP contribution in [0.1, 0.15) is 0 Å². The van der Waals surface area contributed by atoms with Gasteiger partial charge in [-0.15, -0.1) is 0 Å². The lowest BCUT2D eigenvalue weighted by atomic mass is 10.2. The Morgan fingerprint density at radius 2 is 2.09 bits per heavy atom. The first kappa shape index (κ1) is 7.47. The lowest BCUT2D eigenvalue weighted by molar-refractivity contribution is 0.486. The maximum atomic E-state index is 5.57. The largest absolute Gasteiger partial charge is 0.463 e. The van der Waals surface area contributed by atoms with E-state index in [0.29, 0.717) is 17.1 Å². The van der Waals surface area contributed by atoms with Crippen molar-refractivity contribution in [2.45, 2.75) is 0 Å². The average molecular weight is 150 g/mol. The van der Waals surface area contributed by atoms with Gasteiger partial charge in [-0.1, -0.05) is 12.6 Å². The first-order chi connectivity index (χ1) is 5.25. The van der Waals surface area contributed by atoms with Gasteiger partial charge in [0, 0.05) is 0 Å². The van der Waals surface area contributed by atoms with E-state index in [1.807, 2.05) is 0 Å². The zero-order valence-electron chi connectivity index (χ0n) is 6.08. The van der Waals surface area contributed by atoms with Crippen molar-refractivity contribution in [2.24, 2.45) is 0 Å². The summed E-state index contributed by atoms with van der Waals surface area (Å²) in [5, 5.41) is 0. The molecule has 0 heterocycles. The molecule has 0 unspecified atom stereocenters. The minimum absolute atomic E-state index is 0.451. The quantitative estimate of drug-likeness (QED) is 0.494. The molecule has 0 radical (unpaired) electrons. The molecular formula is C8H10N2O. The minimum atomic E-state index is 0.451. The Labute approximate surface area is 65.3 Å². The van der Waals surface area contributed by atoms with Gasteiger partial charge in [0.25, 0.3) is 0 Å². The number of hydrogen-bond acceptors (Lipinski definition) is 3. The van der Waals surface area contributed by atoms with E-state index in [9.17, 15) is 0 Å². The standard InChI is InChI=1S/C8H10N2O/c1-2-11-7-5-3-4-6(9)8(7)10/h2-5H,1,9-10H2. The van der Waals surface area contributed by atoms with Gasteiger partial charge in [-0.3, -0.25) is 0 Å². The Bertz CT molecular complexity index is 271. The molecule has 0 spiro atoms. The lowest BCUT2D eigenvalue weighted by Crippen LogP contribution is -1.96. The van der Waals surface area contributed by atoms with Crippen LogP contribution in [0.5, 0.6) is 5.75 Å². The van der Waals surface area contributed by atoms with E-state index in [1.54, 1.807) is 18.2 Å². The molecule has 4 N–H and O–H groups in total. The fraction of sp³-hybridized carbons (Fsp3) is 0. The summed E-state index contributed by atoms with van der Waals surface area (Å²) in [6.45, 7) is 3.41. The molecule has 0 saturated carbocycles. The monoisotopic (exact) mass is 150 g/mol. The van der Waals surface area contributed by atoms with Crippen LogP contribution >= 0.6 is 0 Å². The molecule has 0 amide bonds. The summed E-state index contributed by atoms with van der Waals surface area (Å²) < 4.78 is 4.98. The molecule has 11 heavy (non-hydrogen) atoms. The number of ether oxygens (including phenoxy) is 1. The topological polar surface area (TPSA) is 61.3 Å². The molecule has 0 aliphatic carbocycles. The zero-order chi connectivity index (χ0) is 8.27. The van der Waals surface area contributed by atoms with E-state index in [2.05, 4.69) is 6.58 Å². The van der Waals surface area contributed by atoms with E-state index in [-0.39, 0.29) is 0 Å². The van der Waals surface area contributed by atoms with Gasteiger partial charge in [0.05, 0.1) is 17.6 Å². The van der Waals surface area contributed by atoms with Crippen molar-refractivity contribution in [1.82, 2.24) is 0 Å². The van der Waals surface area contributed by atoms with Crippen molar-refractivity contribution in [3.63, 3.8) is 0 Å². The lowest BCUT2D eigenvalue weighted by Gasteiger charge is -2.05.